The van der Waals surface area contributed by atoms with E-state index >= 15 is 0 Å². The number of amides is 2. The molecule has 3 aromatic carbocycles. The Bertz CT molecular complexity index is 1390. The lowest BCUT2D eigenvalue weighted by Gasteiger charge is -2.35. The fourth-order valence-corrected chi connectivity index (χ4v) is 5.15. The largest absolute Gasteiger partial charge is 0.350 e. The second-order valence-electron chi connectivity index (χ2n) is 10.3. The van der Waals surface area contributed by atoms with Crippen molar-refractivity contribution in [2.45, 2.75) is 45.3 Å². The minimum absolute atomic E-state index is 0.153. The van der Waals surface area contributed by atoms with Gasteiger partial charge in [0.15, 0.2) is 0 Å². The first-order valence-corrected chi connectivity index (χ1v) is 15.0. The molecule has 0 saturated carbocycles. The summed E-state index contributed by atoms with van der Waals surface area (Å²) < 4.78 is 42.1. The van der Waals surface area contributed by atoms with Gasteiger partial charge >= 0.3 is 0 Å². The molecule has 3 rings (SSSR count). The second-order valence-corrected chi connectivity index (χ2v) is 13.1. The number of benzene rings is 3. The lowest BCUT2D eigenvalue weighted by atomic mass is 10.0. The van der Waals surface area contributed by atoms with E-state index < -0.39 is 45.8 Å². The Morgan fingerprint density at radius 3 is 2.10 bits per heavy atom. The Kier molecular flexibility index (Phi) is 9.90. The van der Waals surface area contributed by atoms with Crippen LogP contribution >= 0.6 is 15.9 Å². The Morgan fingerprint density at radius 2 is 1.54 bits per heavy atom. The molecule has 0 aliphatic heterocycles. The van der Waals surface area contributed by atoms with Gasteiger partial charge in [0.25, 0.3) is 0 Å². The van der Waals surface area contributed by atoms with E-state index in [1.54, 1.807) is 36.4 Å². The maximum atomic E-state index is 14.8. The molecular formula is C29H33BrFN3O4S. The molecular weight excluding hydrogens is 585 g/mol. The topological polar surface area (TPSA) is 86.8 Å². The van der Waals surface area contributed by atoms with Gasteiger partial charge in [-0.2, -0.15) is 0 Å². The number of carbonyl (C=O) groups excluding carboxylic acids is 2. The highest BCUT2D eigenvalue weighted by atomic mass is 79.9. The summed E-state index contributed by atoms with van der Waals surface area (Å²) in [5.41, 5.74) is 0.695. The average Bonchev–Trinajstić information content (AvgIpc) is 2.85. The number of halogens is 2. The second kappa shape index (κ2) is 12.7. The summed E-state index contributed by atoms with van der Waals surface area (Å²) in [7, 11) is -3.88. The normalized spacial score (nSPS) is 12.5. The molecule has 7 nitrogen and oxygen atoms in total. The van der Waals surface area contributed by atoms with Crippen molar-refractivity contribution in [3.05, 3.63) is 100 Å². The molecule has 0 aliphatic rings. The lowest BCUT2D eigenvalue weighted by Crippen LogP contribution is -2.56. The molecule has 2 amide bonds. The molecule has 0 fully saturated rings. The van der Waals surface area contributed by atoms with Crippen molar-refractivity contribution < 1.29 is 22.4 Å². The highest BCUT2D eigenvalue weighted by molar-refractivity contribution is 9.10. The molecule has 39 heavy (non-hydrogen) atoms. The van der Waals surface area contributed by atoms with Crippen LogP contribution in [0.25, 0.3) is 0 Å². The molecule has 1 N–H and O–H groups in total. The fourth-order valence-electron chi connectivity index (χ4n) is 4.04. The first-order chi connectivity index (χ1) is 18.2. The van der Waals surface area contributed by atoms with Crippen molar-refractivity contribution in [3.63, 3.8) is 0 Å². The minimum atomic E-state index is -3.88. The zero-order chi connectivity index (χ0) is 28.8. The number of nitrogens with one attached hydrogen (secondary N) is 1. The average molecular weight is 619 g/mol. The summed E-state index contributed by atoms with van der Waals surface area (Å²) in [6.45, 7) is 4.69. The molecule has 3 aromatic rings. The van der Waals surface area contributed by atoms with E-state index in [4.69, 9.17) is 0 Å². The van der Waals surface area contributed by atoms with Gasteiger partial charge < -0.3 is 10.2 Å². The quantitative estimate of drug-likeness (QED) is 0.350. The standard InChI is InChI=1S/C29H33BrFN3O4S/c1-29(2,3)32-28(36)26(18-21-10-6-5-7-11-21)33(19-22-12-8-9-13-25(22)31)27(35)20-34(39(4,37)38)24-16-14-23(30)15-17-24/h5-17,26H,18-20H2,1-4H3,(H,32,36). The number of anilines is 1. The smallest absolute Gasteiger partial charge is 0.244 e. The molecule has 0 saturated heterocycles. The van der Waals surface area contributed by atoms with E-state index in [9.17, 15) is 22.4 Å². The van der Waals surface area contributed by atoms with Crippen LogP contribution in [-0.2, 0) is 32.6 Å². The minimum Gasteiger partial charge on any atom is -0.350 e. The lowest BCUT2D eigenvalue weighted by molar-refractivity contribution is -0.140. The van der Waals surface area contributed by atoms with Crippen LogP contribution in [0.3, 0.4) is 0 Å². The molecule has 0 bridgehead atoms. The van der Waals surface area contributed by atoms with Crippen LogP contribution in [-0.4, -0.2) is 49.5 Å². The summed E-state index contributed by atoms with van der Waals surface area (Å²) in [6, 6.07) is 20.7. The molecule has 208 valence electrons. The number of sulfonamides is 1. The zero-order valence-corrected chi connectivity index (χ0v) is 24.8. The van der Waals surface area contributed by atoms with Crippen molar-refractivity contribution in [1.82, 2.24) is 10.2 Å². The number of rotatable bonds is 10. The Labute approximate surface area is 238 Å². The molecule has 0 spiro atoms. The van der Waals surface area contributed by atoms with Gasteiger partial charge in [-0.05, 0) is 56.7 Å². The van der Waals surface area contributed by atoms with Gasteiger partial charge in [0.1, 0.15) is 18.4 Å². The monoisotopic (exact) mass is 617 g/mol. The van der Waals surface area contributed by atoms with E-state index in [1.807, 2.05) is 51.1 Å². The predicted octanol–water partition coefficient (Wildman–Crippen LogP) is 4.91. The van der Waals surface area contributed by atoms with E-state index in [1.165, 1.54) is 17.0 Å². The van der Waals surface area contributed by atoms with Gasteiger partial charge in [0, 0.05) is 28.5 Å². The van der Waals surface area contributed by atoms with Crippen molar-refractivity contribution in [2.24, 2.45) is 0 Å². The molecule has 0 aromatic heterocycles. The van der Waals surface area contributed by atoms with Gasteiger partial charge in [-0.1, -0.05) is 64.5 Å². The van der Waals surface area contributed by atoms with Crippen molar-refractivity contribution >= 4 is 43.5 Å². The summed E-state index contributed by atoms with van der Waals surface area (Å²) in [5.74, 6) is -1.60. The third kappa shape index (κ3) is 8.90. The highest BCUT2D eigenvalue weighted by Crippen LogP contribution is 2.23. The van der Waals surface area contributed by atoms with Crippen LogP contribution in [0, 0.1) is 5.82 Å². The van der Waals surface area contributed by atoms with Crippen LogP contribution in [0.15, 0.2) is 83.3 Å². The van der Waals surface area contributed by atoms with E-state index in [0.29, 0.717) is 5.69 Å². The van der Waals surface area contributed by atoms with E-state index in [2.05, 4.69) is 21.2 Å². The van der Waals surface area contributed by atoms with Crippen LogP contribution in [0.4, 0.5) is 10.1 Å². The third-order valence-corrected chi connectivity index (χ3v) is 7.53. The molecule has 0 aliphatic carbocycles. The molecule has 1 unspecified atom stereocenters. The van der Waals surface area contributed by atoms with Crippen LogP contribution in [0.2, 0.25) is 0 Å². The van der Waals surface area contributed by atoms with Crippen LogP contribution in [0.1, 0.15) is 31.9 Å². The van der Waals surface area contributed by atoms with Crippen LogP contribution in [0.5, 0.6) is 0 Å². The molecule has 0 radical (unpaired) electrons. The van der Waals surface area contributed by atoms with Gasteiger partial charge in [-0.25, -0.2) is 12.8 Å². The highest BCUT2D eigenvalue weighted by Gasteiger charge is 2.34. The van der Waals surface area contributed by atoms with Gasteiger partial charge in [0.05, 0.1) is 11.9 Å². The van der Waals surface area contributed by atoms with E-state index in [-0.39, 0.29) is 18.5 Å². The summed E-state index contributed by atoms with van der Waals surface area (Å²) >= 11 is 3.33. The first kappa shape index (κ1) is 30.3. The van der Waals surface area contributed by atoms with Gasteiger partial charge in [-0.15, -0.1) is 0 Å². The molecule has 10 heteroatoms. The number of hydrogen-bond acceptors (Lipinski definition) is 4. The number of nitrogens with zero attached hydrogens (tertiary/aromatic N) is 2. The third-order valence-electron chi connectivity index (χ3n) is 5.86. The summed E-state index contributed by atoms with van der Waals surface area (Å²) in [6.07, 6.45) is 1.16. The summed E-state index contributed by atoms with van der Waals surface area (Å²) in [4.78, 5) is 28.9. The van der Waals surface area contributed by atoms with E-state index in [0.717, 1.165) is 20.6 Å². The predicted molar refractivity (Wildman–Crippen MR) is 155 cm³/mol. The molecule has 1 atom stereocenters. The summed E-state index contributed by atoms with van der Waals surface area (Å²) in [5, 5.41) is 2.93. The fraction of sp³-hybridized carbons (Fsp3) is 0.310. The van der Waals surface area contributed by atoms with Crippen molar-refractivity contribution in [1.29, 1.82) is 0 Å². The first-order valence-electron chi connectivity index (χ1n) is 12.4. The van der Waals surface area contributed by atoms with Crippen LogP contribution < -0.4 is 9.62 Å². The Hall–Kier alpha value is -3.24. The van der Waals surface area contributed by atoms with Gasteiger partial charge in [0.2, 0.25) is 21.8 Å². The zero-order valence-electron chi connectivity index (χ0n) is 22.4. The van der Waals surface area contributed by atoms with Crippen molar-refractivity contribution in [2.75, 3.05) is 17.1 Å². The van der Waals surface area contributed by atoms with Crippen molar-refractivity contribution in [3.8, 4) is 0 Å². The van der Waals surface area contributed by atoms with Gasteiger partial charge in [-0.3, -0.25) is 13.9 Å². The Morgan fingerprint density at radius 1 is 0.949 bits per heavy atom. The SMILES string of the molecule is CC(C)(C)NC(=O)C(Cc1ccccc1)N(Cc1ccccc1F)C(=O)CN(c1ccc(Br)cc1)S(C)(=O)=O. The number of carbonyl (C=O) groups is 2. The maximum absolute atomic E-state index is 14.8. The maximum Gasteiger partial charge on any atom is 0.244 e. The Balaban J connectivity index is 2.08. The number of hydrogen-bond donors (Lipinski definition) is 1. The molecule has 0 heterocycles.